The summed E-state index contributed by atoms with van der Waals surface area (Å²) in [6, 6.07) is -0.943. The fourth-order valence-corrected chi connectivity index (χ4v) is 1.73. The minimum atomic E-state index is -1.10. The first kappa shape index (κ1) is 10.0. The van der Waals surface area contributed by atoms with Crippen LogP contribution >= 0.6 is 11.8 Å². The average Bonchev–Trinajstić information content (AvgIpc) is 2.05. The van der Waals surface area contributed by atoms with Crippen molar-refractivity contribution < 1.29 is 19.5 Å². The molecule has 0 spiro atoms. The number of thioether (sulfide) groups is 1. The van der Waals surface area contributed by atoms with E-state index >= 15 is 0 Å². The van der Waals surface area contributed by atoms with Gasteiger partial charge in [-0.1, -0.05) is 11.8 Å². The van der Waals surface area contributed by atoms with Crippen molar-refractivity contribution in [3.8, 4) is 0 Å². The molecule has 1 aliphatic heterocycles. The molecule has 72 valence electrons. The van der Waals surface area contributed by atoms with Gasteiger partial charge in [-0.15, -0.1) is 0 Å². The molecule has 1 atom stereocenters. The van der Waals surface area contributed by atoms with Gasteiger partial charge >= 0.3 is 5.97 Å². The van der Waals surface area contributed by atoms with Crippen molar-refractivity contribution in [1.29, 1.82) is 0 Å². The number of carboxylic acids is 1. The maximum atomic E-state index is 11.0. The summed E-state index contributed by atoms with van der Waals surface area (Å²) in [6.45, 7) is 0. The van der Waals surface area contributed by atoms with Gasteiger partial charge in [0.05, 0.1) is 0 Å². The highest BCUT2D eigenvalue weighted by molar-refractivity contribution is 8.13. The fraction of sp³-hybridized carbons (Fsp3) is 0.571. The second-order valence-electron chi connectivity index (χ2n) is 2.64. The van der Waals surface area contributed by atoms with Crippen LogP contribution in [0.1, 0.15) is 12.8 Å². The third-order valence-electron chi connectivity index (χ3n) is 1.60. The fourth-order valence-electron chi connectivity index (χ4n) is 0.905. The Morgan fingerprint density at radius 3 is 2.77 bits per heavy atom. The van der Waals surface area contributed by atoms with Crippen LogP contribution in [0.4, 0.5) is 0 Å². The smallest absolute Gasteiger partial charge is 0.327 e. The molecule has 1 rings (SSSR count). The Morgan fingerprint density at radius 2 is 2.15 bits per heavy atom. The lowest BCUT2D eigenvalue weighted by atomic mass is 10.2. The van der Waals surface area contributed by atoms with Crippen molar-refractivity contribution in [2.45, 2.75) is 18.9 Å². The Kier molecular flexibility index (Phi) is 3.30. The molecule has 0 bridgehead atoms. The number of carboxylic acid groups (broad SMARTS) is 1. The zero-order chi connectivity index (χ0) is 9.84. The van der Waals surface area contributed by atoms with Crippen molar-refractivity contribution in [3.05, 3.63) is 0 Å². The number of hydrogen-bond acceptors (Lipinski definition) is 4. The van der Waals surface area contributed by atoms with Crippen molar-refractivity contribution in [2.24, 2.45) is 0 Å². The summed E-state index contributed by atoms with van der Waals surface area (Å²) in [5.74, 6) is -1.36. The van der Waals surface area contributed by atoms with E-state index in [-0.39, 0.29) is 29.6 Å². The zero-order valence-corrected chi connectivity index (χ0v) is 7.60. The number of aliphatic carboxylic acids is 1. The summed E-state index contributed by atoms with van der Waals surface area (Å²) < 4.78 is 0. The Bertz CT molecular complexity index is 251. The van der Waals surface area contributed by atoms with Crippen molar-refractivity contribution in [3.63, 3.8) is 0 Å². The third-order valence-corrected chi connectivity index (χ3v) is 2.63. The van der Waals surface area contributed by atoms with Gasteiger partial charge in [0.1, 0.15) is 6.04 Å². The van der Waals surface area contributed by atoms with E-state index in [1.54, 1.807) is 0 Å². The van der Waals surface area contributed by atoms with Crippen LogP contribution in [0.2, 0.25) is 0 Å². The van der Waals surface area contributed by atoms with Crippen molar-refractivity contribution in [1.82, 2.24) is 5.32 Å². The number of rotatable bonds is 1. The number of amides is 1. The lowest BCUT2D eigenvalue weighted by Gasteiger charge is -2.16. The maximum absolute atomic E-state index is 11.0. The quantitative estimate of drug-likeness (QED) is 0.606. The Labute approximate surface area is 78.9 Å². The molecule has 1 heterocycles. The standard InChI is InChI=1S/C7H9NO4S/c9-5-1-2-6(10)13-3-4(8-5)7(11)12/h4H,1-3H2,(H,8,9)(H,11,12). The predicted octanol–water partition coefficient (Wildman–Crippen LogP) is -0.391. The molecule has 6 heteroatoms. The van der Waals surface area contributed by atoms with E-state index in [0.717, 1.165) is 11.8 Å². The molecular formula is C7H9NO4S. The first-order valence-corrected chi connectivity index (χ1v) is 4.76. The third kappa shape index (κ3) is 3.06. The van der Waals surface area contributed by atoms with E-state index in [1.165, 1.54) is 0 Å². The van der Waals surface area contributed by atoms with E-state index in [9.17, 15) is 14.4 Å². The number of nitrogens with one attached hydrogen (secondary N) is 1. The second-order valence-corrected chi connectivity index (χ2v) is 3.72. The van der Waals surface area contributed by atoms with Crippen LogP contribution < -0.4 is 5.32 Å². The van der Waals surface area contributed by atoms with Crippen LogP contribution in [-0.4, -0.2) is 33.9 Å². The van der Waals surface area contributed by atoms with Gasteiger partial charge < -0.3 is 10.4 Å². The molecular weight excluding hydrogens is 194 g/mol. The molecule has 0 aromatic rings. The summed E-state index contributed by atoms with van der Waals surface area (Å²) in [7, 11) is 0. The number of carbonyl (C=O) groups is 3. The molecule has 5 nitrogen and oxygen atoms in total. The summed E-state index contributed by atoms with van der Waals surface area (Å²) >= 11 is 0.956. The second kappa shape index (κ2) is 4.27. The van der Waals surface area contributed by atoms with Gasteiger partial charge in [-0.2, -0.15) is 0 Å². The molecule has 0 radical (unpaired) electrons. The minimum Gasteiger partial charge on any atom is -0.480 e. The lowest BCUT2D eigenvalue weighted by molar-refractivity contribution is -0.141. The van der Waals surface area contributed by atoms with Gasteiger partial charge in [-0.05, 0) is 0 Å². The summed E-state index contributed by atoms with van der Waals surface area (Å²) in [5.41, 5.74) is 0. The van der Waals surface area contributed by atoms with E-state index in [1.807, 2.05) is 0 Å². The van der Waals surface area contributed by atoms with Crippen LogP contribution in [0.15, 0.2) is 0 Å². The van der Waals surface area contributed by atoms with E-state index in [4.69, 9.17) is 5.11 Å². The van der Waals surface area contributed by atoms with Gasteiger partial charge in [-0.3, -0.25) is 9.59 Å². The largest absolute Gasteiger partial charge is 0.480 e. The van der Waals surface area contributed by atoms with Gasteiger partial charge in [0.2, 0.25) is 5.91 Å². The first-order valence-electron chi connectivity index (χ1n) is 3.77. The molecule has 13 heavy (non-hydrogen) atoms. The van der Waals surface area contributed by atoms with Gasteiger partial charge in [0, 0.05) is 18.6 Å². The molecule has 1 unspecified atom stereocenters. The van der Waals surface area contributed by atoms with Gasteiger partial charge in [-0.25, -0.2) is 4.79 Å². The van der Waals surface area contributed by atoms with Crippen LogP contribution in [0, 0.1) is 0 Å². The molecule has 1 saturated heterocycles. The van der Waals surface area contributed by atoms with Crippen LogP contribution in [-0.2, 0) is 14.4 Å². The topological polar surface area (TPSA) is 83.5 Å². The predicted molar refractivity (Wildman–Crippen MR) is 46.3 cm³/mol. The zero-order valence-electron chi connectivity index (χ0n) is 6.78. The molecule has 1 aliphatic rings. The van der Waals surface area contributed by atoms with Crippen LogP contribution in [0.25, 0.3) is 0 Å². The molecule has 1 amide bonds. The highest BCUT2D eigenvalue weighted by Gasteiger charge is 2.24. The van der Waals surface area contributed by atoms with Crippen molar-refractivity contribution >= 4 is 28.8 Å². The molecule has 1 fully saturated rings. The van der Waals surface area contributed by atoms with Crippen molar-refractivity contribution in [2.75, 3.05) is 5.75 Å². The minimum absolute atomic E-state index is 0.0790. The first-order chi connectivity index (χ1) is 6.09. The normalized spacial score (nSPS) is 24.5. The molecule has 0 saturated carbocycles. The summed E-state index contributed by atoms with van der Waals surface area (Å²) in [6.07, 6.45) is 0.262. The van der Waals surface area contributed by atoms with Crippen LogP contribution in [0.3, 0.4) is 0 Å². The molecule has 0 aromatic carbocycles. The number of carbonyl (C=O) groups excluding carboxylic acids is 2. The Balaban J connectivity index is 2.61. The summed E-state index contributed by atoms with van der Waals surface area (Å²) in [5, 5.41) is 10.8. The Morgan fingerprint density at radius 1 is 1.46 bits per heavy atom. The van der Waals surface area contributed by atoms with Crippen LogP contribution in [0.5, 0.6) is 0 Å². The van der Waals surface area contributed by atoms with E-state index in [0.29, 0.717) is 0 Å². The van der Waals surface area contributed by atoms with E-state index < -0.39 is 12.0 Å². The van der Waals surface area contributed by atoms with Gasteiger partial charge in [0.25, 0.3) is 0 Å². The molecule has 2 N–H and O–H groups in total. The molecule has 0 aromatic heterocycles. The molecule has 0 aliphatic carbocycles. The average molecular weight is 203 g/mol. The summed E-state index contributed by atoms with van der Waals surface area (Å²) in [4.78, 5) is 32.4. The maximum Gasteiger partial charge on any atom is 0.327 e. The van der Waals surface area contributed by atoms with Gasteiger partial charge in [0.15, 0.2) is 5.12 Å². The monoisotopic (exact) mass is 203 g/mol. The Hall–Kier alpha value is -1.04. The van der Waals surface area contributed by atoms with E-state index in [2.05, 4.69) is 5.32 Å². The SMILES string of the molecule is O=C1CCC(=O)SCC(C(=O)O)N1. The highest BCUT2D eigenvalue weighted by atomic mass is 32.2. The number of hydrogen-bond donors (Lipinski definition) is 2. The lowest BCUT2D eigenvalue weighted by Crippen LogP contribution is -2.43. The highest BCUT2D eigenvalue weighted by Crippen LogP contribution is 2.12.